The molecule has 0 radical (unpaired) electrons. The lowest BCUT2D eigenvalue weighted by molar-refractivity contribution is -0.339. The first kappa shape index (κ1) is 37.9. The predicted molar refractivity (Wildman–Crippen MR) is 178 cm³/mol. The van der Waals surface area contributed by atoms with Gasteiger partial charge < -0.3 is 74.0 Å². The number of phenols is 2. The van der Waals surface area contributed by atoms with Crippen LogP contribution in [0.15, 0.2) is 53.8 Å². The number of ether oxygens (including phenoxy) is 7. The third kappa shape index (κ3) is 7.24. The van der Waals surface area contributed by atoms with Crippen molar-refractivity contribution < 1.29 is 83.6 Å². The minimum Gasteiger partial charge on any atom is -0.504 e. The number of phenolic OH excluding ortho intramolecular Hbond substituents is 2. The number of carboxylic acid groups (broad SMARTS) is 1. The first-order valence-corrected chi connectivity index (χ1v) is 16.6. The molecule has 2 aromatic rings. The van der Waals surface area contributed by atoms with Crippen molar-refractivity contribution in [1.82, 2.24) is 0 Å². The van der Waals surface area contributed by atoms with E-state index >= 15 is 0 Å². The van der Waals surface area contributed by atoms with Crippen LogP contribution in [0.25, 0.3) is 6.08 Å². The topological polar surface area (TPSA) is 261 Å². The molecule has 4 aliphatic rings. The van der Waals surface area contributed by atoms with Crippen molar-refractivity contribution in [2.24, 2.45) is 11.8 Å². The first-order valence-electron chi connectivity index (χ1n) is 16.6. The van der Waals surface area contributed by atoms with E-state index in [1.165, 1.54) is 38.5 Å². The van der Waals surface area contributed by atoms with Gasteiger partial charge >= 0.3 is 11.9 Å². The smallest absolute Gasteiger partial charge is 0.335 e. The molecule has 6 rings (SSSR count). The van der Waals surface area contributed by atoms with Crippen LogP contribution in [0.3, 0.4) is 0 Å². The van der Waals surface area contributed by atoms with Crippen molar-refractivity contribution in [2.45, 2.75) is 55.4 Å². The van der Waals surface area contributed by atoms with E-state index in [2.05, 4.69) is 0 Å². The number of fused-ring (bicyclic) bond motifs is 2. The van der Waals surface area contributed by atoms with Crippen LogP contribution in [0.5, 0.6) is 28.7 Å². The van der Waals surface area contributed by atoms with Gasteiger partial charge in [0.05, 0.1) is 51.1 Å². The molecule has 8 N–H and O–H groups in total. The number of carbonyl (C=O) groups is 2. The number of esters is 1. The molecule has 0 saturated carbocycles. The predicted octanol–water partition coefficient (Wildman–Crippen LogP) is 0.585. The SMILES string of the molecule is COc1cc([C@@H]2Oc3c(O)cc(C=CC(=O)OCC4=CC[C@@H]5C(C(=O)O)=CO[C@@H](O[C@@H]6O[C@H](CO)[C@@H](O)[C@H](O)[C@H]6O)[C@H]45)cc3[C@H]2CO)cc(OC)c1O. The Labute approximate surface area is 302 Å². The zero-order valence-electron chi connectivity index (χ0n) is 28.5. The molecule has 286 valence electrons. The molecule has 1 aliphatic carbocycles. The molecule has 1 saturated heterocycles. The molecular weight excluding hydrogens is 704 g/mol. The molecule has 0 spiro atoms. The van der Waals surface area contributed by atoms with Gasteiger partial charge in [0.15, 0.2) is 29.3 Å². The zero-order chi connectivity index (χ0) is 38.1. The lowest BCUT2D eigenvalue weighted by atomic mass is 9.83. The highest BCUT2D eigenvalue weighted by atomic mass is 16.8. The van der Waals surface area contributed by atoms with Crippen LogP contribution in [0, 0.1) is 11.8 Å². The average molecular weight is 745 g/mol. The van der Waals surface area contributed by atoms with E-state index in [-0.39, 0.29) is 54.0 Å². The molecule has 53 heavy (non-hydrogen) atoms. The van der Waals surface area contributed by atoms with Crippen molar-refractivity contribution in [1.29, 1.82) is 0 Å². The Morgan fingerprint density at radius 1 is 0.943 bits per heavy atom. The standard InChI is InChI=1S/C36H40O17/c1-47-23-9-17(10-24(48-2)28(23)41)32-20(11-37)19-7-15(8-22(39)33(19)52-32)3-6-26(40)49-13-16-4-5-18-21(34(45)46)14-50-35(27(16)18)53-36-31(44)30(43)29(42)25(12-38)51-36/h3-4,6-10,14,18,20,25,27,29-32,35-39,41-44H,5,11-13H2,1-2H3,(H,45,46)/t18-,20-,25-,27-,29-,30+,31-,32+,35+,36+/m1/s1. The van der Waals surface area contributed by atoms with Crippen LogP contribution in [-0.4, -0.2) is 124 Å². The highest BCUT2D eigenvalue weighted by molar-refractivity contribution is 5.88. The van der Waals surface area contributed by atoms with E-state index in [0.717, 1.165) is 12.3 Å². The molecule has 0 bridgehead atoms. The number of rotatable bonds is 12. The van der Waals surface area contributed by atoms with Crippen molar-refractivity contribution in [3.05, 3.63) is 70.5 Å². The lowest BCUT2D eigenvalue weighted by Crippen LogP contribution is -2.60. The molecule has 3 aliphatic heterocycles. The summed E-state index contributed by atoms with van der Waals surface area (Å²) in [5, 5.41) is 81.6. The Kier molecular flexibility index (Phi) is 11.2. The maximum Gasteiger partial charge on any atom is 0.335 e. The first-order chi connectivity index (χ1) is 25.4. The Bertz CT molecular complexity index is 1770. The number of aliphatic carboxylic acids is 1. The van der Waals surface area contributed by atoms with Crippen LogP contribution in [0.1, 0.15) is 35.1 Å². The Balaban J connectivity index is 1.14. The van der Waals surface area contributed by atoms with E-state index in [1.54, 1.807) is 12.1 Å². The van der Waals surface area contributed by atoms with Crippen LogP contribution >= 0.6 is 0 Å². The third-order valence-corrected chi connectivity index (χ3v) is 9.83. The molecule has 2 aromatic carbocycles. The monoisotopic (exact) mass is 744 g/mol. The second-order valence-electron chi connectivity index (χ2n) is 12.9. The van der Waals surface area contributed by atoms with Crippen molar-refractivity contribution in [2.75, 3.05) is 34.0 Å². The number of hydrogen-bond acceptors (Lipinski definition) is 16. The van der Waals surface area contributed by atoms with Gasteiger partial charge in [-0.15, -0.1) is 0 Å². The number of benzene rings is 2. The molecule has 0 amide bonds. The summed E-state index contributed by atoms with van der Waals surface area (Å²) in [7, 11) is 2.75. The quantitative estimate of drug-likeness (QED) is 0.0840. The third-order valence-electron chi connectivity index (χ3n) is 9.83. The highest BCUT2D eigenvalue weighted by Gasteiger charge is 2.50. The fourth-order valence-corrected chi connectivity index (χ4v) is 7.08. The summed E-state index contributed by atoms with van der Waals surface area (Å²) >= 11 is 0. The van der Waals surface area contributed by atoms with Crippen molar-refractivity contribution >= 4 is 18.0 Å². The maximum absolute atomic E-state index is 12.9. The Morgan fingerprint density at radius 3 is 2.30 bits per heavy atom. The molecule has 1 fully saturated rings. The molecule has 17 heteroatoms. The number of allylic oxidation sites excluding steroid dienone is 1. The summed E-state index contributed by atoms with van der Waals surface area (Å²) in [6.45, 7) is -1.36. The summed E-state index contributed by atoms with van der Waals surface area (Å²) in [5.41, 5.74) is 1.74. The van der Waals surface area contributed by atoms with E-state index < -0.39 is 79.4 Å². The molecule has 10 atom stereocenters. The van der Waals surface area contributed by atoms with Crippen LogP contribution in [0.2, 0.25) is 0 Å². The van der Waals surface area contributed by atoms with Gasteiger partial charge in [-0.3, -0.25) is 0 Å². The van der Waals surface area contributed by atoms with Gasteiger partial charge in [-0.2, -0.15) is 0 Å². The molecule has 0 aromatic heterocycles. The number of aliphatic hydroxyl groups excluding tert-OH is 5. The summed E-state index contributed by atoms with van der Waals surface area (Å²) in [5.74, 6) is -4.24. The number of methoxy groups -OCH3 is 2. The Morgan fingerprint density at radius 2 is 1.66 bits per heavy atom. The van der Waals surface area contributed by atoms with Crippen LogP contribution < -0.4 is 14.2 Å². The van der Waals surface area contributed by atoms with Gasteiger partial charge in [0.2, 0.25) is 12.0 Å². The van der Waals surface area contributed by atoms with Gasteiger partial charge in [0, 0.05) is 23.1 Å². The lowest BCUT2D eigenvalue weighted by Gasteiger charge is -2.42. The van der Waals surface area contributed by atoms with Gasteiger partial charge in [0.25, 0.3) is 0 Å². The minimum atomic E-state index is -1.74. The van der Waals surface area contributed by atoms with Crippen molar-refractivity contribution in [3.63, 3.8) is 0 Å². The Hall–Kier alpha value is -4.88. The second kappa shape index (κ2) is 15.6. The summed E-state index contributed by atoms with van der Waals surface area (Å²) in [6, 6.07) is 6.07. The van der Waals surface area contributed by atoms with Crippen molar-refractivity contribution in [3.8, 4) is 28.7 Å². The van der Waals surface area contributed by atoms with Gasteiger partial charge in [0.1, 0.15) is 37.1 Å². The molecular formula is C36H40O17. The number of carboxylic acids is 1. The van der Waals surface area contributed by atoms with E-state index in [1.807, 2.05) is 0 Å². The summed E-state index contributed by atoms with van der Waals surface area (Å²) in [6.07, 6.45) is -4.50. The molecule has 17 nitrogen and oxygen atoms in total. The van der Waals surface area contributed by atoms with E-state index in [9.17, 15) is 50.4 Å². The largest absolute Gasteiger partial charge is 0.504 e. The van der Waals surface area contributed by atoms with E-state index in [4.69, 9.17) is 33.2 Å². The normalized spacial score (nSPS) is 30.4. The van der Waals surface area contributed by atoms with Gasteiger partial charge in [-0.25, -0.2) is 9.59 Å². The summed E-state index contributed by atoms with van der Waals surface area (Å²) in [4.78, 5) is 24.9. The maximum atomic E-state index is 12.9. The van der Waals surface area contributed by atoms with Gasteiger partial charge in [-0.1, -0.05) is 6.08 Å². The molecule has 3 heterocycles. The average Bonchev–Trinajstić information content (AvgIpc) is 3.75. The second-order valence-corrected chi connectivity index (χ2v) is 12.9. The zero-order valence-corrected chi connectivity index (χ0v) is 28.5. The summed E-state index contributed by atoms with van der Waals surface area (Å²) < 4.78 is 38.9. The number of hydrogen-bond donors (Lipinski definition) is 8. The number of carbonyl (C=O) groups excluding carboxylic acids is 1. The molecule has 0 unspecified atom stereocenters. The van der Waals surface area contributed by atoms with E-state index in [0.29, 0.717) is 22.3 Å². The van der Waals surface area contributed by atoms with Crippen LogP contribution in [0.4, 0.5) is 0 Å². The van der Waals surface area contributed by atoms with Crippen LogP contribution in [-0.2, 0) is 28.5 Å². The highest BCUT2D eigenvalue weighted by Crippen LogP contribution is 2.52. The van der Waals surface area contributed by atoms with Gasteiger partial charge in [-0.05, 0) is 47.9 Å². The fraction of sp³-hybridized carbons (Fsp3) is 0.444. The number of aliphatic hydroxyl groups is 5. The number of aromatic hydroxyl groups is 2. The fourth-order valence-electron chi connectivity index (χ4n) is 7.08. The minimum absolute atomic E-state index is 0.0615.